The van der Waals surface area contributed by atoms with Crippen molar-refractivity contribution in [2.75, 3.05) is 5.75 Å². The molecule has 9 heteroatoms. The Labute approximate surface area is 196 Å². The Hall–Kier alpha value is -3.59. The van der Waals surface area contributed by atoms with Crippen LogP contribution < -0.4 is 10.9 Å². The van der Waals surface area contributed by atoms with Crippen LogP contribution in [0.2, 0.25) is 0 Å². The monoisotopic (exact) mass is 481 g/mol. The van der Waals surface area contributed by atoms with Crippen LogP contribution in [0.1, 0.15) is 23.6 Å². The van der Waals surface area contributed by atoms with Crippen LogP contribution in [-0.4, -0.2) is 21.2 Å². The Morgan fingerprint density at radius 3 is 2.56 bits per heavy atom. The Kier molecular flexibility index (Phi) is 5.87. The van der Waals surface area contributed by atoms with Crippen molar-refractivity contribution < 1.29 is 18.0 Å². The number of benzene rings is 3. The lowest BCUT2D eigenvalue weighted by molar-refractivity contribution is -0.119. The number of rotatable bonds is 5. The lowest BCUT2D eigenvalue weighted by Gasteiger charge is -2.16. The first-order valence-electron chi connectivity index (χ1n) is 10.6. The van der Waals surface area contributed by atoms with Gasteiger partial charge in [0.15, 0.2) is 22.6 Å². The fourth-order valence-electron chi connectivity index (χ4n) is 4.18. The SMILES string of the molecule is O=C(CSc1nc2ccccc2c(=O)n1-c1cc(F)c(F)c(F)c1)NC1CCc2ccccc21. The average molecular weight is 481 g/mol. The summed E-state index contributed by atoms with van der Waals surface area (Å²) in [4.78, 5) is 30.3. The number of thioether (sulfide) groups is 1. The highest BCUT2D eigenvalue weighted by Crippen LogP contribution is 2.31. The molecule has 0 aliphatic heterocycles. The molecule has 0 radical (unpaired) electrons. The molecule has 172 valence electrons. The van der Waals surface area contributed by atoms with E-state index in [4.69, 9.17) is 0 Å². The van der Waals surface area contributed by atoms with Gasteiger partial charge in [-0.2, -0.15) is 0 Å². The predicted octanol–water partition coefficient (Wildman–Crippen LogP) is 4.70. The predicted molar refractivity (Wildman–Crippen MR) is 124 cm³/mol. The summed E-state index contributed by atoms with van der Waals surface area (Å²) in [5, 5.41) is 3.29. The van der Waals surface area contributed by atoms with Gasteiger partial charge in [-0.05, 0) is 36.1 Å². The molecular weight excluding hydrogens is 463 g/mol. The fraction of sp³-hybridized carbons (Fsp3) is 0.160. The molecule has 1 atom stereocenters. The van der Waals surface area contributed by atoms with Crippen molar-refractivity contribution in [3.8, 4) is 5.69 Å². The molecule has 0 saturated carbocycles. The summed E-state index contributed by atoms with van der Waals surface area (Å²) in [6.45, 7) is 0. The molecule has 0 bridgehead atoms. The number of aryl methyl sites for hydroxylation is 1. The van der Waals surface area contributed by atoms with Crippen LogP contribution in [0.4, 0.5) is 13.2 Å². The topological polar surface area (TPSA) is 64.0 Å². The van der Waals surface area contributed by atoms with Crippen LogP contribution in [0.5, 0.6) is 0 Å². The quantitative estimate of drug-likeness (QED) is 0.255. The number of para-hydroxylation sites is 1. The number of carbonyl (C=O) groups excluding carboxylic acids is 1. The zero-order valence-corrected chi connectivity index (χ0v) is 18.5. The molecular formula is C25H18F3N3O2S. The summed E-state index contributed by atoms with van der Waals surface area (Å²) in [6.07, 6.45) is 1.67. The van der Waals surface area contributed by atoms with E-state index in [1.165, 1.54) is 11.6 Å². The molecule has 5 nitrogen and oxygen atoms in total. The molecule has 1 aliphatic carbocycles. The van der Waals surface area contributed by atoms with Gasteiger partial charge in [-0.25, -0.2) is 18.2 Å². The van der Waals surface area contributed by atoms with E-state index in [1.807, 2.05) is 24.3 Å². The number of halogens is 3. The number of hydrogen-bond donors (Lipinski definition) is 1. The van der Waals surface area contributed by atoms with Gasteiger partial charge in [0.05, 0.1) is 28.4 Å². The zero-order chi connectivity index (χ0) is 23.8. The molecule has 4 aromatic rings. The van der Waals surface area contributed by atoms with Gasteiger partial charge < -0.3 is 5.32 Å². The minimum atomic E-state index is -1.63. The molecule has 1 heterocycles. The molecule has 5 rings (SSSR count). The highest BCUT2D eigenvalue weighted by atomic mass is 32.2. The van der Waals surface area contributed by atoms with E-state index in [2.05, 4.69) is 10.3 Å². The van der Waals surface area contributed by atoms with Gasteiger partial charge in [0, 0.05) is 12.1 Å². The molecule has 1 aromatic heterocycles. The van der Waals surface area contributed by atoms with Gasteiger partial charge in [0.2, 0.25) is 5.91 Å². The Morgan fingerprint density at radius 1 is 1.06 bits per heavy atom. The molecule has 1 amide bonds. The number of nitrogens with one attached hydrogen (secondary N) is 1. The largest absolute Gasteiger partial charge is 0.349 e. The number of nitrogens with zero attached hydrogens (tertiary/aromatic N) is 2. The highest BCUT2D eigenvalue weighted by Gasteiger charge is 2.24. The van der Waals surface area contributed by atoms with E-state index in [9.17, 15) is 22.8 Å². The first kappa shape index (κ1) is 22.2. The van der Waals surface area contributed by atoms with Gasteiger partial charge in [0.25, 0.3) is 5.56 Å². The van der Waals surface area contributed by atoms with Crippen LogP contribution >= 0.6 is 11.8 Å². The fourth-order valence-corrected chi connectivity index (χ4v) is 5.01. The summed E-state index contributed by atoms with van der Waals surface area (Å²) >= 11 is 0.961. The number of fused-ring (bicyclic) bond motifs is 2. The number of aromatic nitrogens is 2. The summed E-state index contributed by atoms with van der Waals surface area (Å²) in [6, 6.07) is 15.8. The summed E-state index contributed by atoms with van der Waals surface area (Å²) in [5.74, 6) is -4.82. The van der Waals surface area contributed by atoms with Gasteiger partial charge in [-0.3, -0.25) is 14.2 Å². The third kappa shape index (κ3) is 4.07. The van der Waals surface area contributed by atoms with Crippen molar-refractivity contribution in [2.45, 2.75) is 24.0 Å². The summed E-state index contributed by atoms with van der Waals surface area (Å²) in [5.41, 5.74) is 1.86. The first-order valence-corrected chi connectivity index (χ1v) is 11.6. The second-order valence-corrected chi connectivity index (χ2v) is 8.86. The van der Waals surface area contributed by atoms with Gasteiger partial charge >= 0.3 is 0 Å². The van der Waals surface area contributed by atoms with Gasteiger partial charge in [0.1, 0.15) is 0 Å². The smallest absolute Gasteiger partial charge is 0.266 e. The maximum atomic E-state index is 13.9. The third-order valence-electron chi connectivity index (χ3n) is 5.77. The molecule has 1 unspecified atom stereocenters. The van der Waals surface area contributed by atoms with Crippen molar-refractivity contribution in [2.24, 2.45) is 0 Å². The van der Waals surface area contributed by atoms with Crippen LogP contribution in [0.25, 0.3) is 16.6 Å². The van der Waals surface area contributed by atoms with Gasteiger partial charge in [-0.15, -0.1) is 0 Å². The highest BCUT2D eigenvalue weighted by molar-refractivity contribution is 7.99. The zero-order valence-electron chi connectivity index (χ0n) is 17.7. The molecule has 0 fully saturated rings. The van der Waals surface area contributed by atoms with Crippen LogP contribution in [0.15, 0.2) is 70.6 Å². The lowest BCUT2D eigenvalue weighted by atomic mass is 10.1. The number of hydrogen-bond acceptors (Lipinski definition) is 4. The van der Waals surface area contributed by atoms with Crippen molar-refractivity contribution >= 4 is 28.6 Å². The van der Waals surface area contributed by atoms with Crippen molar-refractivity contribution in [1.29, 1.82) is 0 Å². The van der Waals surface area contributed by atoms with Crippen LogP contribution in [-0.2, 0) is 11.2 Å². The van der Waals surface area contributed by atoms with Crippen molar-refractivity contribution in [3.63, 3.8) is 0 Å². The summed E-state index contributed by atoms with van der Waals surface area (Å²) in [7, 11) is 0. The van der Waals surface area contributed by atoms with E-state index in [1.54, 1.807) is 18.2 Å². The maximum absolute atomic E-state index is 13.9. The molecule has 1 aliphatic rings. The Bertz CT molecular complexity index is 1470. The lowest BCUT2D eigenvalue weighted by Crippen LogP contribution is -2.29. The van der Waals surface area contributed by atoms with E-state index in [-0.39, 0.29) is 33.9 Å². The Morgan fingerprint density at radius 2 is 1.76 bits per heavy atom. The second kappa shape index (κ2) is 8.98. The first-order chi connectivity index (χ1) is 16.4. The molecule has 3 aromatic carbocycles. The van der Waals surface area contributed by atoms with E-state index >= 15 is 0 Å². The van der Waals surface area contributed by atoms with Crippen LogP contribution in [0, 0.1) is 17.5 Å². The molecule has 0 saturated heterocycles. The van der Waals surface area contributed by atoms with Crippen LogP contribution in [0.3, 0.4) is 0 Å². The number of amides is 1. The van der Waals surface area contributed by atoms with E-state index in [0.29, 0.717) is 5.52 Å². The number of carbonyl (C=O) groups is 1. The summed E-state index contributed by atoms with van der Waals surface area (Å²) < 4.78 is 42.4. The van der Waals surface area contributed by atoms with Gasteiger partial charge in [-0.1, -0.05) is 48.2 Å². The molecule has 0 spiro atoms. The van der Waals surface area contributed by atoms with E-state index in [0.717, 1.165) is 46.9 Å². The van der Waals surface area contributed by atoms with Crippen molar-refractivity contribution in [3.05, 3.63) is 99.6 Å². The third-order valence-corrected chi connectivity index (χ3v) is 6.71. The molecule has 1 N–H and O–H groups in total. The maximum Gasteiger partial charge on any atom is 0.266 e. The average Bonchev–Trinajstić information content (AvgIpc) is 3.24. The minimum Gasteiger partial charge on any atom is -0.349 e. The molecule has 34 heavy (non-hydrogen) atoms. The standard InChI is InChI=1S/C25H18F3N3O2S/c26-18-11-15(12-19(27)23(18)28)31-24(33)17-7-3-4-8-20(17)30-25(31)34-13-22(32)29-21-10-9-14-5-1-2-6-16(14)21/h1-8,11-12,21H,9-10,13H2,(H,29,32). The second-order valence-electron chi connectivity index (χ2n) is 7.92. The normalized spacial score (nSPS) is 14.9. The minimum absolute atomic E-state index is 0.0658. The van der Waals surface area contributed by atoms with Crippen molar-refractivity contribution in [1.82, 2.24) is 14.9 Å². The Balaban J connectivity index is 1.46. The van der Waals surface area contributed by atoms with E-state index < -0.39 is 23.0 Å².